The molecule has 1 atom stereocenters. The summed E-state index contributed by atoms with van der Waals surface area (Å²) in [5.41, 5.74) is 1.08. The van der Waals surface area contributed by atoms with Crippen LogP contribution in [-0.2, 0) is 0 Å². The lowest BCUT2D eigenvalue weighted by molar-refractivity contribution is 0.438. The Hall–Kier alpha value is -3.13. The van der Waals surface area contributed by atoms with Gasteiger partial charge in [-0.05, 0) is 16.7 Å². The second kappa shape index (κ2) is 6.78. The molecule has 3 aromatic rings. The molecular formula is C20H11F4N. The maximum absolute atomic E-state index is 14.0. The first-order valence-electron chi connectivity index (χ1n) is 7.40. The predicted octanol–water partition coefficient (Wildman–Crippen LogP) is 5.57. The highest BCUT2D eigenvalue weighted by Gasteiger charge is 2.27. The summed E-state index contributed by atoms with van der Waals surface area (Å²) in [4.78, 5) is 0. The molecule has 1 unspecified atom stereocenters. The lowest BCUT2D eigenvalue weighted by atomic mass is 9.90. The van der Waals surface area contributed by atoms with Crippen molar-refractivity contribution >= 4 is 0 Å². The van der Waals surface area contributed by atoms with E-state index >= 15 is 0 Å². The average Bonchev–Trinajstić information content (AvgIpc) is 2.64. The predicted molar refractivity (Wildman–Crippen MR) is 85.6 cm³/mol. The lowest BCUT2D eigenvalue weighted by Crippen LogP contribution is -2.09. The van der Waals surface area contributed by atoms with Crippen LogP contribution >= 0.6 is 0 Å². The molecule has 3 aromatic carbocycles. The maximum Gasteiger partial charge on any atom is 0.166 e. The van der Waals surface area contributed by atoms with Crippen LogP contribution in [0.3, 0.4) is 0 Å². The van der Waals surface area contributed by atoms with Gasteiger partial charge in [0.2, 0.25) is 0 Å². The van der Waals surface area contributed by atoms with E-state index in [1.165, 1.54) is 12.1 Å². The Labute approximate surface area is 141 Å². The van der Waals surface area contributed by atoms with Crippen molar-refractivity contribution in [2.45, 2.75) is 5.92 Å². The number of nitrogens with zero attached hydrogens (tertiary/aromatic N) is 1. The minimum atomic E-state index is -1.56. The number of rotatable bonds is 3. The van der Waals surface area contributed by atoms with Crippen LogP contribution in [0.25, 0.3) is 11.1 Å². The lowest BCUT2D eigenvalue weighted by Gasteiger charge is -2.14. The minimum Gasteiger partial charge on any atom is -0.204 e. The van der Waals surface area contributed by atoms with Gasteiger partial charge in [-0.2, -0.15) is 5.26 Å². The normalized spacial score (nSPS) is 11.8. The van der Waals surface area contributed by atoms with Gasteiger partial charge in [0.1, 0.15) is 5.92 Å². The smallest absolute Gasteiger partial charge is 0.166 e. The quantitative estimate of drug-likeness (QED) is 0.452. The van der Waals surface area contributed by atoms with Gasteiger partial charge in [0.05, 0.1) is 11.6 Å². The summed E-state index contributed by atoms with van der Waals surface area (Å²) in [6.45, 7) is 0. The molecule has 0 saturated heterocycles. The van der Waals surface area contributed by atoms with Crippen LogP contribution in [0.15, 0.2) is 60.7 Å². The monoisotopic (exact) mass is 341 g/mol. The highest BCUT2D eigenvalue weighted by atomic mass is 19.2. The Bertz CT molecular complexity index is 918. The molecule has 0 radical (unpaired) electrons. The molecule has 25 heavy (non-hydrogen) atoms. The fourth-order valence-corrected chi connectivity index (χ4v) is 2.65. The topological polar surface area (TPSA) is 23.8 Å². The molecule has 0 heterocycles. The van der Waals surface area contributed by atoms with E-state index in [1.807, 2.05) is 30.3 Å². The first-order valence-corrected chi connectivity index (χ1v) is 7.40. The Balaban J connectivity index is 2.05. The number of benzene rings is 3. The standard InChI is InChI=1S/C20H11F4N/c21-16-10-17(22)20(24)18(19(16)23)15(11-25)14-8-6-13(7-9-14)12-4-2-1-3-5-12/h1-10,15H. The van der Waals surface area contributed by atoms with E-state index in [4.69, 9.17) is 0 Å². The zero-order valence-electron chi connectivity index (χ0n) is 12.8. The van der Waals surface area contributed by atoms with E-state index in [2.05, 4.69) is 0 Å². The first-order chi connectivity index (χ1) is 12.0. The van der Waals surface area contributed by atoms with Gasteiger partial charge >= 0.3 is 0 Å². The van der Waals surface area contributed by atoms with Gasteiger partial charge in [-0.3, -0.25) is 0 Å². The first kappa shape index (κ1) is 16.7. The van der Waals surface area contributed by atoms with Crippen molar-refractivity contribution in [3.63, 3.8) is 0 Å². The second-order valence-electron chi connectivity index (χ2n) is 5.43. The molecule has 124 valence electrons. The van der Waals surface area contributed by atoms with Crippen LogP contribution < -0.4 is 0 Å². The van der Waals surface area contributed by atoms with Gasteiger partial charge in [-0.15, -0.1) is 0 Å². The third-order valence-electron chi connectivity index (χ3n) is 3.91. The molecule has 0 fully saturated rings. The molecule has 0 aliphatic rings. The number of hydrogen-bond acceptors (Lipinski definition) is 1. The fraction of sp³-hybridized carbons (Fsp3) is 0.0500. The van der Waals surface area contributed by atoms with E-state index in [1.54, 1.807) is 18.2 Å². The van der Waals surface area contributed by atoms with Gasteiger partial charge in [-0.25, -0.2) is 17.6 Å². The summed E-state index contributed by atoms with van der Waals surface area (Å²) < 4.78 is 54.8. The summed E-state index contributed by atoms with van der Waals surface area (Å²) in [6, 6.07) is 17.6. The zero-order chi connectivity index (χ0) is 18.0. The molecular weight excluding hydrogens is 330 g/mol. The van der Waals surface area contributed by atoms with Crippen molar-refractivity contribution in [1.82, 2.24) is 0 Å². The summed E-state index contributed by atoms with van der Waals surface area (Å²) in [6.07, 6.45) is 0. The Kier molecular flexibility index (Phi) is 4.53. The minimum absolute atomic E-state index is 0.126. The van der Waals surface area contributed by atoms with Gasteiger partial charge in [0, 0.05) is 6.07 Å². The van der Waals surface area contributed by atoms with Crippen LogP contribution in [0.2, 0.25) is 0 Å². The molecule has 0 amide bonds. The Morgan fingerprint density at radius 2 is 1.24 bits per heavy atom. The molecule has 0 spiro atoms. The molecule has 0 aliphatic carbocycles. The highest BCUT2D eigenvalue weighted by Crippen LogP contribution is 2.32. The van der Waals surface area contributed by atoms with E-state index in [0.717, 1.165) is 11.1 Å². The van der Waals surface area contributed by atoms with E-state index < -0.39 is 34.8 Å². The third kappa shape index (κ3) is 3.11. The molecule has 3 rings (SSSR count). The number of halogens is 4. The van der Waals surface area contributed by atoms with Gasteiger partial charge < -0.3 is 0 Å². The number of hydrogen-bond donors (Lipinski definition) is 0. The van der Waals surface area contributed by atoms with Gasteiger partial charge in [-0.1, -0.05) is 54.6 Å². The average molecular weight is 341 g/mol. The molecule has 0 aromatic heterocycles. The van der Waals surface area contributed by atoms with E-state index in [0.29, 0.717) is 0 Å². The summed E-state index contributed by atoms with van der Waals surface area (Å²) in [7, 11) is 0. The largest absolute Gasteiger partial charge is 0.204 e. The van der Waals surface area contributed by atoms with Gasteiger partial charge in [0.15, 0.2) is 23.3 Å². The SMILES string of the molecule is N#CC(c1ccc(-c2ccccc2)cc1)c1c(F)c(F)cc(F)c1F. The Morgan fingerprint density at radius 3 is 1.76 bits per heavy atom. The van der Waals surface area contributed by atoms with Crippen LogP contribution in [0.4, 0.5) is 17.6 Å². The summed E-state index contributed by atoms with van der Waals surface area (Å²) >= 11 is 0. The third-order valence-corrected chi connectivity index (χ3v) is 3.91. The molecule has 0 aliphatic heterocycles. The molecule has 5 heteroatoms. The van der Waals surface area contributed by atoms with Gasteiger partial charge in [0.25, 0.3) is 0 Å². The van der Waals surface area contributed by atoms with Crippen molar-refractivity contribution in [1.29, 1.82) is 5.26 Å². The van der Waals surface area contributed by atoms with Crippen molar-refractivity contribution in [2.75, 3.05) is 0 Å². The molecule has 1 nitrogen and oxygen atoms in total. The van der Waals surface area contributed by atoms with Crippen molar-refractivity contribution < 1.29 is 17.6 Å². The van der Waals surface area contributed by atoms with Crippen LogP contribution in [0.5, 0.6) is 0 Å². The molecule has 0 saturated carbocycles. The Morgan fingerprint density at radius 1 is 0.720 bits per heavy atom. The highest BCUT2D eigenvalue weighted by molar-refractivity contribution is 5.64. The van der Waals surface area contributed by atoms with Crippen LogP contribution in [0, 0.1) is 34.6 Å². The van der Waals surface area contributed by atoms with Crippen molar-refractivity contribution in [3.05, 3.63) is 95.1 Å². The van der Waals surface area contributed by atoms with Crippen molar-refractivity contribution in [3.8, 4) is 17.2 Å². The summed E-state index contributed by atoms with van der Waals surface area (Å²) in [5.74, 6) is -7.64. The number of nitriles is 1. The zero-order valence-corrected chi connectivity index (χ0v) is 12.8. The maximum atomic E-state index is 14.0. The second-order valence-corrected chi connectivity index (χ2v) is 5.43. The van der Waals surface area contributed by atoms with Crippen molar-refractivity contribution in [2.24, 2.45) is 0 Å². The van der Waals surface area contributed by atoms with Crippen LogP contribution in [0.1, 0.15) is 17.0 Å². The summed E-state index contributed by atoms with van der Waals surface area (Å²) in [5, 5.41) is 9.32. The van der Waals surface area contributed by atoms with E-state index in [-0.39, 0.29) is 11.6 Å². The van der Waals surface area contributed by atoms with E-state index in [9.17, 15) is 22.8 Å². The molecule has 0 bridgehead atoms. The molecule has 0 N–H and O–H groups in total. The van der Waals surface area contributed by atoms with Crippen LogP contribution in [-0.4, -0.2) is 0 Å². The fourth-order valence-electron chi connectivity index (χ4n) is 2.65.